The lowest BCUT2D eigenvalue weighted by Gasteiger charge is -2.22. The van der Waals surface area contributed by atoms with Gasteiger partial charge in [0.15, 0.2) is 6.61 Å². The molecular weight excluding hydrogens is 274 g/mol. The molecule has 116 valence electrons. The lowest BCUT2D eigenvalue weighted by atomic mass is 10.1. The monoisotopic (exact) mass is 297 g/mol. The third kappa shape index (κ3) is 3.59. The average molecular weight is 297 g/mol. The van der Waals surface area contributed by atoms with E-state index in [-0.39, 0.29) is 12.5 Å². The summed E-state index contributed by atoms with van der Waals surface area (Å²) in [7, 11) is 0. The maximum absolute atomic E-state index is 12.4. The van der Waals surface area contributed by atoms with Crippen LogP contribution in [0, 0.1) is 5.92 Å². The lowest BCUT2D eigenvalue weighted by Crippen LogP contribution is -2.37. The van der Waals surface area contributed by atoms with Crippen molar-refractivity contribution < 1.29 is 9.53 Å². The molecule has 0 saturated heterocycles. The number of benzene rings is 2. The highest BCUT2D eigenvalue weighted by Gasteiger charge is 2.26. The molecule has 1 aliphatic rings. The van der Waals surface area contributed by atoms with Crippen LogP contribution in [0.3, 0.4) is 0 Å². The molecule has 0 bridgehead atoms. The van der Waals surface area contributed by atoms with Gasteiger partial charge in [-0.25, -0.2) is 0 Å². The summed E-state index contributed by atoms with van der Waals surface area (Å²) in [6.45, 7) is 3.96. The summed E-state index contributed by atoms with van der Waals surface area (Å²) in [6, 6.07) is 14.0. The van der Waals surface area contributed by atoms with E-state index < -0.39 is 0 Å². The van der Waals surface area contributed by atoms with Gasteiger partial charge in [-0.2, -0.15) is 0 Å². The molecule has 0 radical (unpaired) electrons. The van der Waals surface area contributed by atoms with E-state index in [0.29, 0.717) is 5.92 Å². The number of hydrogen-bond acceptors (Lipinski definition) is 2. The van der Waals surface area contributed by atoms with Gasteiger partial charge in [0, 0.05) is 18.5 Å². The van der Waals surface area contributed by atoms with Crippen molar-refractivity contribution in [2.45, 2.75) is 26.2 Å². The second kappa shape index (κ2) is 6.82. The third-order valence-electron chi connectivity index (χ3n) is 4.12. The summed E-state index contributed by atoms with van der Waals surface area (Å²) < 4.78 is 5.82. The Morgan fingerprint density at radius 3 is 2.73 bits per heavy atom. The summed E-state index contributed by atoms with van der Waals surface area (Å²) in [5.41, 5.74) is 0. The molecule has 0 aliphatic heterocycles. The second-order valence-electron chi connectivity index (χ2n) is 6.05. The second-order valence-corrected chi connectivity index (χ2v) is 6.05. The van der Waals surface area contributed by atoms with Crippen LogP contribution in [0.1, 0.15) is 26.2 Å². The van der Waals surface area contributed by atoms with Crippen LogP contribution in [0.15, 0.2) is 42.5 Å². The molecule has 1 amide bonds. The lowest BCUT2D eigenvalue weighted by molar-refractivity contribution is -0.133. The molecule has 0 N–H and O–H groups in total. The Balaban J connectivity index is 1.65. The summed E-state index contributed by atoms with van der Waals surface area (Å²) in [5.74, 6) is 1.60. The highest BCUT2D eigenvalue weighted by molar-refractivity contribution is 5.88. The first-order valence-electron chi connectivity index (χ1n) is 8.16. The van der Waals surface area contributed by atoms with Gasteiger partial charge in [-0.3, -0.25) is 4.79 Å². The van der Waals surface area contributed by atoms with Crippen LogP contribution >= 0.6 is 0 Å². The Bertz CT molecular complexity index is 643. The number of fused-ring (bicyclic) bond motifs is 1. The predicted octanol–water partition coefficient (Wildman–Crippen LogP) is 3.87. The molecule has 3 nitrogen and oxygen atoms in total. The molecule has 3 rings (SSSR count). The van der Waals surface area contributed by atoms with Gasteiger partial charge in [0.2, 0.25) is 0 Å². The van der Waals surface area contributed by atoms with E-state index in [0.717, 1.165) is 36.0 Å². The van der Waals surface area contributed by atoms with Gasteiger partial charge in [-0.15, -0.1) is 0 Å². The third-order valence-corrected chi connectivity index (χ3v) is 4.12. The van der Waals surface area contributed by atoms with Crippen molar-refractivity contribution in [1.29, 1.82) is 0 Å². The summed E-state index contributed by atoms with van der Waals surface area (Å²) in [6.07, 6.45) is 3.52. The van der Waals surface area contributed by atoms with E-state index in [1.165, 1.54) is 12.8 Å². The first-order chi connectivity index (χ1) is 10.8. The summed E-state index contributed by atoms with van der Waals surface area (Å²) in [5, 5.41) is 2.19. The number of hydrogen-bond donors (Lipinski definition) is 0. The van der Waals surface area contributed by atoms with Crippen molar-refractivity contribution in [1.82, 2.24) is 4.90 Å². The van der Waals surface area contributed by atoms with E-state index in [4.69, 9.17) is 4.74 Å². The molecule has 0 atom stereocenters. The van der Waals surface area contributed by atoms with Gasteiger partial charge in [0.1, 0.15) is 5.75 Å². The maximum Gasteiger partial charge on any atom is 0.260 e. The molecule has 0 heterocycles. The van der Waals surface area contributed by atoms with Crippen molar-refractivity contribution in [2.24, 2.45) is 5.92 Å². The van der Waals surface area contributed by atoms with Crippen LogP contribution < -0.4 is 4.74 Å². The number of nitrogens with zero attached hydrogens (tertiary/aromatic N) is 1. The number of ether oxygens (including phenoxy) is 1. The van der Waals surface area contributed by atoms with Gasteiger partial charge in [-0.05, 0) is 36.6 Å². The van der Waals surface area contributed by atoms with Gasteiger partial charge < -0.3 is 9.64 Å². The summed E-state index contributed by atoms with van der Waals surface area (Å²) >= 11 is 0. The number of carbonyl (C=O) groups is 1. The number of rotatable bonds is 7. The van der Waals surface area contributed by atoms with E-state index in [1.807, 2.05) is 35.2 Å². The van der Waals surface area contributed by atoms with E-state index >= 15 is 0 Å². The van der Waals surface area contributed by atoms with E-state index in [1.54, 1.807) is 0 Å². The van der Waals surface area contributed by atoms with Gasteiger partial charge in [-0.1, -0.05) is 43.3 Å². The van der Waals surface area contributed by atoms with Crippen LogP contribution in [0.2, 0.25) is 0 Å². The van der Waals surface area contributed by atoms with Crippen LogP contribution in [-0.2, 0) is 4.79 Å². The number of carbonyl (C=O) groups excluding carboxylic acids is 1. The molecule has 0 spiro atoms. The predicted molar refractivity (Wildman–Crippen MR) is 89.0 cm³/mol. The highest BCUT2D eigenvalue weighted by Crippen LogP contribution is 2.30. The number of amides is 1. The Labute approximate surface area is 131 Å². The Morgan fingerprint density at radius 1 is 1.18 bits per heavy atom. The molecule has 2 aromatic carbocycles. The molecule has 22 heavy (non-hydrogen) atoms. The van der Waals surface area contributed by atoms with E-state index in [2.05, 4.69) is 19.1 Å². The first kappa shape index (κ1) is 14.9. The fourth-order valence-electron chi connectivity index (χ4n) is 2.75. The molecule has 1 fully saturated rings. The van der Waals surface area contributed by atoms with Gasteiger partial charge in [0.05, 0.1) is 0 Å². The molecule has 0 unspecified atom stereocenters. The molecule has 1 aliphatic carbocycles. The molecule has 3 heteroatoms. The minimum Gasteiger partial charge on any atom is -0.483 e. The van der Waals surface area contributed by atoms with Crippen LogP contribution in [0.25, 0.3) is 10.8 Å². The molecular formula is C19H23NO2. The zero-order valence-corrected chi connectivity index (χ0v) is 13.1. The SMILES string of the molecule is CCCN(CC1CC1)C(=O)COc1cccc2ccccc12. The fourth-order valence-corrected chi connectivity index (χ4v) is 2.75. The summed E-state index contributed by atoms with van der Waals surface area (Å²) in [4.78, 5) is 14.4. The van der Waals surface area contributed by atoms with Crippen molar-refractivity contribution in [2.75, 3.05) is 19.7 Å². The van der Waals surface area contributed by atoms with Crippen molar-refractivity contribution in [3.05, 3.63) is 42.5 Å². The van der Waals surface area contributed by atoms with Crippen LogP contribution in [0.5, 0.6) is 5.75 Å². The smallest absolute Gasteiger partial charge is 0.260 e. The molecule has 1 saturated carbocycles. The fraction of sp³-hybridized carbons (Fsp3) is 0.421. The minimum atomic E-state index is 0.0988. The maximum atomic E-state index is 12.4. The Hall–Kier alpha value is -2.03. The van der Waals surface area contributed by atoms with Crippen LogP contribution in [-0.4, -0.2) is 30.5 Å². The van der Waals surface area contributed by atoms with E-state index in [9.17, 15) is 4.79 Å². The first-order valence-corrected chi connectivity index (χ1v) is 8.16. The quantitative estimate of drug-likeness (QED) is 0.776. The van der Waals surface area contributed by atoms with Crippen LogP contribution in [0.4, 0.5) is 0 Å². The van der Waals surface area contributed by atoms with Crippen molar-refractivity contribution in [3.63, 3.8) is 0 Å². The molecule has 2 aromatic rings. The Kier molecular flexibility index (Phi) is 4.62. The zero-order valence-electron chi connectivity index (χ0n) is 13.1. The largest absolute Gasteiger partial charge is 0.483 e. The minimum absolute atomic E-state index is 0.0988. The average Bonchev–Trinajstić information content (AvgIpc) is 3.36. The standard InChI is InChI=1S/C19H23NO2/c1-2-12-20(13-15-10-11-15)19(21)14-22-18-9-5-7-16-6-3-4-8-17(16)18/h3-9,15H,2,10-14H2,1H3. The normalized spacial score (nSPS) is 14.0. The van der Waals surface area contributed by atoms with Gasteiger partial charge >= 0.3 is 0 Å². The van der Waals surface area contributed by atoms with Gasteiger partial charge in [0.25, 0.3) is 5.91 Å². The van der Waals surface area contributed by atoms with Crippen molar-refractivity contribution >= 4 is 16.7 Å². The highest BCUT2D eigenvalue weighted by atomic mass is 16.5. The topological polar surface area (TPSA) is 29.5 Å². The van der Waals surface area contributed by atoms with Crippen molar-refractivity contribution in [3.8, 4) is 5.75 Å². The zero-order chi connectivity index (χ0) is 15.4. The molecule has 0 aromatic heterocycles. The Morgan fingerprint density at radius 2 is 1.95 bits per heavy atom.